The number of H-pyrrole nitrogens is 1. The first kappa shape index (κ1) is 12.1. The van der Waals surface area contributed by atoms with Crippen molar-refractivity contribution in [1.29, 1.82) is 0 Å². The number of hydrogen-bond donors (Lipinski definition) is 1. The maximum Gasteiger partial charge on any atom is 0.265 e. The van der Waals surface area contributed by atoms with E-state index in [1.54, 1.807) is 11.3 Å². The zero-order valence-corrected chi connectivity index (χ0v) is 12.7. The number of thiazole rings is 1. The van der Waals surface area contributed by atoms with Gasteiger partial charge in [-0.1, -0.05) is 12.1 Å². The van der Waals surface area contributed by atoms with Crippen LogP contribution in [-0.4, -0.2) is 15.0 Å². The summed E-state index contributed by atoms with van der Waals surface area (Å²) in [4.78, 5) is 22.7. The second-order valence-corrected chi connectivity index (χ2v) is 6.75. The molecule has 3 aromatic rings. The van der Waals surface area contributed by atoms with Crippen molar-refractivity contribution in [2.75, 3.05) is 0 Å². The van der Waals surface area contributed by atoms with Crippen LogP contribution < -0.4 is 5.56 Å². The van der Waals surface area contributed by atoms with Gasteiger partial charge >= 0.3 is 0 Å². The quantitative estimate of drug-likeness (QED) is 0.542. The molecule has 1 aromatic carbocycles. The van der Waals surface area contributed by atoms with Gasteiger partial charge in [-0.2, -0.15) is 0 Å². The van der Waals surface area contributed by atoms with Crippen LogP contribution in [0.25, 0.3) is 10.2 Å². The Hall–Kier alpha value is -0.930. The zero-order valence-electron chi connectivity index (χ0n) is 8.88. The van der Waals surface area contributed by atoms with E-state index in [9.17, 15) is 4.79 Å². The molecule has 3 rings (SSSR count). The number of halogens is 1. The van der Waals surface area contributed by atoms with E-state index in [1.165, 1.54) is 18.1 Å². The lowest BCUT2D eigenvalue weighted by atomic mass is 10.3. The standard InChI is InChI=1S/C11H6IN3OS2/c12-8-9(16)13-5-14-10(8)18-11-15-6-3-1-2-4-7(6)17-11/h1-5H,(H,13,14,16). The number of benzene rings is 1. The molecule has 7 heteroatoms. The molecule has 0 saturated carbocycles. The van der Waals surface area contributed by atoms with E-state index in [2.05, 4.69) is 15.0 Å². The van der Waals surface area contributed by atoms with Gasteiger partial charge in [0.1, 0.15) is 8.60 Å². The number of para-hydroxylation sites is 1. The van der Waals surface area contributed by atoms with Gasteiger partial charge in [-0.15, -0.1) is 11.3 Å². The van der Waals surface area contributed by atoms with Crippen molar-refractivity contribution >= 4 is 55.9 Å². The van der Waals surface area contributed by atoms with Gasteiger partial charge in [0.15, 0.2) is 4.34 Å². The second kappa shape index (κ2) is 4.98. The van der Waals surface area contributed by atoms with Crippen molar-refractivity contribution < 1.29 is 0 Å². The van der Waals surface area contributed by atoms with Gasteiger partial charge in [0.2, 0.25) is 0 Å². The van der Waals surface area contributed by atoms with Gasteiger partial charge in [-0.05, 0) is 46.5 Å². The molecule has 4 nitrogen and oxygen atoms in total. The molecule has 2 heterocycles. The van der Waals surface area contributed by atoms with Crippen LogP contribution >= 0.6 is 45.7 Å². The highest BCUT2D eigenvalue weighted by Crippen LogP contribution is 2.34. The smallest absolute Gasteiger partial charge is 0.265 e. The molecule has 2 aromatic heterocycles. The Kier molecular flexibility index (Phi) is 3.35. The zero-order chi connectivity index (χ0) is 12.5. The summed E-state index contributed by atoms with van der Waals surface area (Å²) in [7, 11) is 0. The summed E-state index contributed by atoms with van der Waals surface area (Å²) in [5.74, 6) is 0. The molecule has 18 heavy (non-hydrogen) atoms. The van der Waals surface area contributed by atoms with Crippen LogP contribution in [0.1, 0.15) is 0 Å². The third-order valence-electron chi connectivity index (χ3n) is 2.22. The minimum absolute atomic E-state index is 0.116. The molecule has 1 N–H and O–H groups in total. The molecule has 0 amide bonds. The Morgan fingerprint density at radius 2 is 2.17 bits per heavy atom. The summed E-state index contributed by atoms with van der Waals surface area (Å²) < 4.78 is 2.63. The van der Waals surface area contributed by atoms with Crippen molar-refractivity contribution in [3.05, 3.63) is 44.5 Å². The van der Waals surface area contributed by atoms with E-state index in [-0.39, 0.29) is 5.56 Å². The summed E-state index contributed by atoms with van der Waals surface area (Å²) >= 11 is 5.03. The number of fused-ring (bicyclic) bond motifs is 1. The fraction of sp³-hybridized carbons (Fsp3) is 0. The first-order valence-corrected chi connectivity index (χ1v) is 7.72. The Balaban J connectivity index is 2.01. The van der Waals surface area contributed by atoms with Crippen molar-refractivity contribution in [1.82, 2.24) is 15.0 Å². The van der Waals surface area contributed by atoms with Crippen LogP contribution in [0, 0.1) is 3.57 Å². The Morgan fingerprint density at radius 1 is 1.33 bits per heavy atom. The summed E-state index contributed by atoms with van der Waals surface area (Å²) in [6.07, 6.45) is 1.42. The third-order valence-corrected chi connectivity index (χ3v) is 5.69. The Labute approximate surface area is 124 Å². The summed E-state index contributed by atoms with van der Waals surface area (Å²) in [5.41, 5.74) is 0.860. The highest BCUT2D eigenvalue weighted by atomic mass is 127. The lowest BCUT2D eigenvalue weighted by Gasteiger charge is -1.97. The van der Waals surface area contributed by atoms with Crippen molar-refractivity contribution in [3.63, 3.8) is 0 Å². The predicted octanol–water partition coefficient (Wildman–Crippen LogP) is 3.14. The van der Waals surface area contributed by atoms with Crippen molar-refractivity contribution in [3.8, 4) is 0 Å². The number of aromatic amines is 1. The molecule has 0 aliphatic rings. The van der Waals surface area contributed by atoms with Crippen molar-refractivity contribution in [2.24, 2.45) is 0 Å². The lowest BCUT2D eigenvalue weighted by Crippen LogP contribution is -2.10. The van der Waals surface area contributed by atoms with E-state index < -0.39 is 0 Å². The van der Waals surface area contributed by atoms with E-state index in [0.717, 1.165) is 14.6 Å². The molecule has 0 fully saturated rings. The average molecular weight is 387 g/mol. The molecule has 0 unspecified atom stereocenters. The van der Waals surface area contributed by atoms with E-state index in [0.29, 0.717) is 8.60 Å². The fourth-order valence-corrected chi connectivity index (χ4v) is 4.01. The first-order valence-electron chi connectivity index (χ1n) is 5.00. The van der Waals surface area contributed by atoms with Gasteiger partial charge in [-0.25, -0.2) is 9.97 Å². The molecular formula is C11H6IN3OS2. The highest BCUT2D eigenvalue weighted by Gasteiger charge is 2.10. The number of nitrogens with one attached hydrogen (secondary N) is 1. The number of aromatic nitrogens is 3. The van der Waals surface area contributed by atoms with Gasteiger partial charge < -0.3 is 4.98 Å². The van der Waals surface area contributed by atoms with Gasteiger partial charge in [0, 0.05) is 0 Å². The maximum atomic E-state index is 11.5. The minimum atomic E-state index is -0.116. The van der Waals surface area contributed by atoms with Crippen LogP contribution in [-0.2, 0) is 0 Å². The molecule has 90 valence electrons. The van der Waals surface area contributed by atoms with E-state index in [4.69, 9.17) is 0 Å². The molecular weight excluding hydrogens is 381 g/mol. The average Bonchev–Trinajstić information content (AvgIpc) is 2.77. The summed E-state index contributed by atoms with van der Waals surface area (Å²) in [6, 6.07) is 7.97. The summed E-state index contributed by atoms with van der Waals surface area (Å²) in [5, 5.41) is 0.693. The SMILES string of the molecule is O=c1[nH]cnc(Sc2nc3ccccc3s2)c1I. The van der Waals surface area contributed by atoms with Crippen LogP contribution in [0.3, 0.4) is 0 Å². The Morgan fingerprint density at radius 3 is 3.00 bits per heavy atom. The van der Waals surface area contributed by atoms with Gasteiger partial charge in [0.05, 0.1) is 16.5 Å². The normalized spacial score (nSPS) is 10.9. The van der Waals surface area contributed by atoms with Gasteiger partial charge in [-0.3, -0.25) is 4.79 Å². The van der Waals surface area contributed by atoms with E-state index >= 15 is 0 Å². The summed E-state index contributed by atoms with van der Waals surface area (Å²) in [6.45, 7) is 0. The first-order chi connectivity index (χ1) is 8.74. The predicted molar refractivity (Wildman–Crippen MR) is 81.3 cm³/mol. The number of nitrogens with zero attached hydrogens (tertiary/aromatic N) is 2. The van der Waals surface area contributed by atoms with Crippen LogP contribution in [0.2, 0.25) is 0 Å². The monoisotopic (exact) mass is 387 g/mol. The fourth-order valence-electron chi connectivity index (χ4n) is 1.42. The largest absolute Gasteiger partial charge is 0.312 e. The Bertz CT molecular complexity index is 735. The van der Waals surface area contributed by atoms with Crippen LogP contribution in [0.4, 0.5) is 0 Å². The second-order valence-electron chi connectivity index (χ2n) is 3.40. The molecule has 0 aliphatic heterocycles. The third kappa shape index (κ3) is 2.29. The van der Waals surface area contributed by atoms with Crippen LogP contribution in [0.15, 0.2) is 44.8 Å². The van der Waals surface area contributed by atoms with Gasteiger partial charge in [0.25, 0.3) is 5.56 Å². The molecule has 0 aliphatic carbocycles. The number of rotatable bonds is 2. The molecule has 0 atom stereocenters. The lowest BCUT2D eigenvalue weighted by molar-refractivity contribution is 0.987. The highest BCUT2D eigenvalue weighted by molar-refractivity contribution is 14.1. The minimum Gasteiger partial charge on any atom is -0.312 e. The molecule has 0 bridgehead atoms. The molecule has 0 spiro atoms. The molecule has 0 radical (unpaired) electrons. The topological polar surface area (TPSA) is 58.6 Å². The van der Waals surface area contributed by atoms with Crippen LogP contribution in [0.5, 0.6) is 0 Å². The maximum absolute atomic E-state index is 11.5. The molecule has 0 saturated heterocycles. The van der Waals surface area contributed by atoms with Crippen molar-refractivity contribution in [2.45, 2.75) is 9.37 Å². The van der Waals surface area contributed by atoms with E-state index in [1.807, 2.05) is 46.9 Å². The number of hydrogen-bond acceptors (Lipinski definition) is 5.